The zero-order valence-corrected chi connectivity index (χ0v) is 23.6. The lowest BCUT2D eigenvalue weighted by Gasteiger charge is -2.55. The fourth-order valence-electron chi connectivity index (χ4n) is 5.11. The second-order valence-electron chi connectivity index (χ2n) is 10.8. The Hall–Kier alpha value is -2.34. The van der Waals surface area contributed by atoms with Gasteiger partial charge < -0.3 is 9.74 Å². The molecule has 0 bridgehead atoms. The van der Waals surface area contributed by atoms with Gasteiger partial charge in [0.15, 0.2) is 9.04 Å². The summed E-state index contributed by atoms with van der Waals surface area (Å²) in [5.74, 6) is -0.171. The molecule has 3 atom stereocenters. The van der Waals surface area contributed by atoms with E-state index in [1.807, 2.05) is 11.8 Å². The van der Waals surface area contributed by atoms with E-state index in [1.54, 1.807) is 0 Å². The van der Waals surface area contributed by atoms with Crippen LogP contribution < -0.4 is 5.32 Å². The first kappa shape index (κ1) is 25.7. The van der Waals surface area contributed by atoms with E-state index in [1.165, 1.54) is 16.7 Å². The summed E-state index contributed by atoms with van der Waals surface area (Å²) in [6.07, 6.45) is 0. The number of thioether (sulfide) groups is 1. The van der Waals surface area contributed by atoms with Gasteiger partial charge in [0.25, 0.3) is 0 Å². The van der Waals surface area contributed by atoms with Gasteiger partial charge in [0.05, 0.1) is 21.6 Å². The van der Waals surface area contributed by atoms with Gasteiger partial charge in [-0.05, 0) is 42.1 Å². The van der Waals surface area contributed by atoms with Crippen molar-refractivity contribution in [2.45, 2.75) is 56.5 Å². The second kappa shape index (κ2) is 9.96. The number of hydrogen-bond acceptors (Lipinski definition) is 3. The third kappa shape index (κ3) is 4.74. The summed E-state index contributed by atoms with van der Waals surface area (Å²) in [7, 11) is -1.41. The molecule has 0 spiro atoms. The molecule has 35 heavy (non-hydrogen) atoms. The van der Waals surface area contributed by atoms with Gasteiger partial charge in [-0.15, -0.1) is 11.8 Å². The fourth-order valence-corrected chi connectivity index (χ4v) is 8.48. The lowest BCUT2D eigenvalue weighted by molar-refractivity contribution is -0.153. The molecule has 1 saturated heterocycles. The van der Waals surface area contributed by atoms with Crippen molar-refractivity contribution in [1.29, 1.82) is 0 Å². The number of hydrogen-bond donors (Lipinski definition) is 1. The smallest absolute Gasteiger partial charge is 0.229 e. The molecule has 0 saturated carbocycles. The van der Waals surface area contributed by atoms with Crippen LogP contribution in [0.25, 0.3) is 0 Å². The summed E-state index contributed by atoms with van der Waals surface area (Å²) in [5.41, 5.74) is 2.82. The van der Waals surface area contributed by atoms with E-state index in [-0.39, 0.29) is 22.6 Å². The monoisotopic (exact) mass is 503 g/mol. The Morgan fingerprint density at radius 1 is 0.743 bits per heavy atom. The number of β-lactam (4-membered cyclic amide) rings is 1. The molecule has 3 aromatic carbocycles. The molecule has 1 N–H and O–H groups in total. The third-order valence-corrected chi connectivity index (χ3v) is 9.94. The van der Waals surface area contributed by atoms with Gasteiger partial charge in [0, 0.05) is 0 Å². The number of carbonyl (C=O) groups excluding carboxylic acids is 1. The predicted molar refractivity (Wildman–Crippen MR) is 150 cm³/mol. The highest BCUT2D eigenvalue weighted by Crippen LogP contribution is 2.55. The molecule has 1 heterocycles. The molecule has 1 aliphatic heterocycles. The molecule has 4 rings (SSSR count). The van der Waals surface area contributed by atoms with Crippen molar-refractivity contribution < 1.29 is 9.22 Å². The van der Waals surface area contributed by atoms with E-state index in [0.29, 0.717) is 0 Å². The van der Waals surface area contributed by atoms with Gasteiger partial charge in [-0.2, -0.15) is 0 Å². The number of carbonyl (C=O) groups is 1. The Morgan fingerprint density at radius 3 is 1.46 bits per heavy atom. The first-order valence-corrected chi connectivity index (χ1v) is 16.1. The standard InChI is InChI=1S/C30H37NO2SSi/c1-28(2,3)29(4,33-35(5)6)25-26(32)31-27(25)34-30(22-16-10-7-11-17-22,23-18-12-8-13-19-23)24-20-14-9-15-21-24/h7-21,25,27,35H,1-6H3,(H,31,32)/t25-,27+,29?/m0/s1. The number of nitrogens with one attached hydrogen (secondary N) is 1. The zero-order chi connectivity index (χ0) is 25.3. The van der Waals surface area contributed by atoms with Gasteiger partial charge in [0.1, 0.15) is 0 Å². The largest absolute Gasteiger partial charge is 0.414 e. The minimum Gasteiger partial charge on any atom is -0.414 e. The molecule has 0 aliphatic carbocycles. The lowest BCUT2D eigenvalue weighted by Crippen LogP contribution is -2.70. The molecule has 1 amide bonds. The number of benzene rings is 3. The lowest BCUT2D eigenvalue weighted by atomic mass is 9.67. The quantitative estimate of drug-likeness (QED) is 0.214. The summed E-state index contributed by atoms with van der Waals surface area (Å²) in [6, 6.07) is 31.9. The maximum absolute atomic E-state index is 13.2. The van der Waals surface area contributed by atoms with E-state index in [4.69, 9.17) is 4.43 Å². The van der Waals surface area contributed by atoms with Crippen molar-refractivity contribution >= 4 is 26.7 Å². The van der Waals surface area contributed by atoms with Crippen LogP contribution in [-0.2, 0) is 14.0 Å². The van der Waals surface area contributed by atoms with E-state index < -0.39 is 19.4 Å². The molecule has 0 aromatic heterocycles. The van der Waals surface area contributed by atoms with Gasteiger partial charge in [-0.25, -0.2) is 0 Å². The molecule has 3 aromatic rings. The summed E-state index contributed by atoms with van der Waals surface area (Å²) in [6.45, 7) is 13.1. The second-order valence-corrected chi connectivity index (χ2v) is 14.5. The van der Waals surface area contributed by atoms with Crippen LogP contribution >= 0.6 is 11.8 Å². The minimum absolute atomic E-state index is 0.0812. The maximum Gasteiger partial charge on any atom is 0.229 e. The van der Waals surface area contributed by atoms with Crippen molar-refractivity contribution in [2.24, 2.45) is 11.3 Å². The highest BCUT2D eigenvalue weighted by atomic mass is 32.2. The summed E-state index contributed by atoms with van der Waals surface area (Å²) in [5, 5.41) is 3.17. The normalized spacial score (nSPS) is 20.1. The Kier molecular flexibility index (Phi) is 7.32. The van der Waals surface area contributed by atoms with Crippen LogP contribution in [0.1, 0.15) is 44.4 Å². The SMILES string of the molecule is C[SiH](C)OC(C)([C@H]1C(=O)N[C@@H]1SC(c1ccccc1)(c1ccccc1)c1ccccc1)C(C)(C)C. The van der Waals surface area contributed by atoms with Gasteiger partial charge in [-0.1, -0.05) is 112 Å². The van der Waals surface area contributed by atoms with Crippen LogP contribution in [-0.4, -0.2) is 25.9 Å². The van der Waals surface area contributed by atoms with Crippen LogP contribution in [0.3, 0.4) is 0 Å². The van der Waals surface area contributed by atoms with Crippen molar-refractivity contribution in [2.75, 3.05) is 0 Å². The first-order valence-electron chi connectivity index (χ1n) is 12.4. The fraction of sp³-hybridized carbons (Fsp3) is 0.367. The average Bonchev–Trinajstić information content (AvgIpc) is 2.82. The Balaban J connectivity index is 1.88. The van der Waals surface area contributed by atoms with Crippen molar-refractivity contribution in [1.82, 2.24) is 5.32 Å². The van der Waals surface area contributed by atoms with Crippen LogP contribution in [0.2, 0.25) is 13.1 Å². The van der Waals surface area contributed by atoms with Crippen molar-refractivity contribution in [3.05, 3.63) is 108 Å². The first-order chi connectivity index (χ1) is 16.6. The van der Waals surface area contributed by atoms with Crippen LogP contribution in [0.15, 0.2) is 91.0 Å². The van der Waals surface area contributed by atoms with Crippen LogP contribution in [0.4, 0.5) is 0 Å². The average molecular weight is 504 g/mol. The Morgan fingerprint density at radius 2 is 1.14 bits per heavy atom. The Labute approximate surface area is 216 Å². The van der Waals surface area contributed by atoms with Crippen molar-refractivity contribution in [3.63, 3.8) is 0 Å². The summed E-state index contributed by atoms with van der Waals surface area (Å²) < 4.78 is 6.21. The summed E-state index contributed by atoms with van der Waals surface area (Å²) in [4.78, 5) is 13.2. The predicted octanol–water partition coefficient (Wildman–Crippen LogP) is 6.59. The molecule has 3 nitrogen and oxygen atoms in total. The highest BCUT2D eigenvalue weighted by Gasteiger charge is 2.59. The molecular formula is C30H37NO2SSi. The van der Waals surface area contributed by atoms with E-state index in [9.17, 15) is 4.79 Å². The topological polar surface area (TPSA) is 38.3 Å². The van der Waals surface area contributed by atoms with Gasteiger partial charge in [-0.3, -0.25) is 4.79 Å². The molecule has 1 fully saturated rings. The number of amides is 1. The zero-order valence-electron chi connectivity index (χ0n) is 21.6. The highest BCUT2D eigenvalue weighted by molar-refractivity contribution is 8.01. The molecule has 1 unspecified atom stereocenters. The molecule has 184 valence electrons. The molecule has 5 heteroatoms. The minimum atomic E-state index is -1.41. The van der Waals surface area contributed by atoms with Crippen molar-refractivity contribution in [3.8, 4) is 0 Å². The van der Waals surface area contributed by atoms with Crippen LogP contribution in [0.5, 0.6) is 0 Å². The Bertz CT molecular complexity index is 1030. The van der Waals surface area contributed by atoms with Crippen LogP contribution in [0, 0.1) is 11.3 Å². The van der Waals surface area contributed by atoms with E-state index in [0.717, 1.165) is 0 Å². The van der Waals surface area contributed by atoms with E-state index >= 15 is 0 Å². The maximum atomic E-state index is 13.2. The molecule has 1 aliphatic rings. The van der Waals surface area contributed by atoms with E-state index in [2.05, 4.69) is 137 Å². The van der Waals surface area contributed by atoms with Gasteiger partial charge in [0.2, 0.25) is 5.91 Å². The third-order valence-electron chi connectivity index (χ3n) is 7.28. The van der Waals surface area contributed by atoms with Gasteiger partial charge >= 0.3 is 0 Å². The molecule has 0 radical (unpaired) electrons. The summed E-state index contributed by atoms with van der Waals surface area (Å²) >= 11 is 1.82. The molecular weight excluding hydrogens is 466 g/mol. The number of rotatable bonds is 8.